The van der Waals surface area contributed by atoms with E-state index in [0.29, 0.717) is 28.7 Å². The fraction of sp³-hybridized carbons (Fsp3) is 0.562. The standard InChI is InChI=1S/C16H22ClN5O2/c1-10-5-4-7-21(9-10)15-18-13-12(22(15)8-6-11(2)17)14(23)19-16(24)20(13)3/h6,10H,4-5,7-9H2,1-3H3,(H,19,23,24)/b11-6-/t10-/m1/s1. The molecule has 1 N–H and O–H groups in total. The van der Waals surface area contributed by atoms with Crippen LogP contribution in [0.5, 0.6) is 0 Å². The van der Waals surface area contributed by atoms with E-state index < -0.39 is 11.2 Å². The summed E-state index contributed by atoms with van der Waals surface area (Å²) in [5, 5.41) is 0.649. The summed E-state index contributed by atoms with van der Waals surface area (Å²) in [5.41, 5.74) is -0.0746. The maximum atomic E-state index is 12.4. The zero-order chi connectivity index (χ0) is 17.4. The lowest BCUT2D eigenvalue weighted by Crippen LogP contribution is -2.36. The number of halogens is 1. The second-order valence-corrected chi connectivity index (χ2v) is 7.09. The molecule has 8 heteroatoms. The van der Waals surface area contributed by atoms with E-state index in [1.165, 1.54) is 11.0 Å². The van der Waals surface area contributed by atoms with E-state index in [0.717, 1.165) is 25.5 Å². The summed E-state index contributed by atoms with van der Waals surface area (Å²) < 4.78 is 3.22. The first-order valence-corrected chi connectivity index (χ1v) is 8.53. The van der Waals surface area contributed by atoms with Crippen molar-refractivity contribution in [2.75, 3.05) is 18.0 Å². The number of imidazole rings is 1. The van der Waals surface area contributed by atoms with Gasteiger partial charge >= 0.3 is 5.69 Å². The number of nitrogens with one attached hydrogen (secondary N) is 1. The third-order valence-electron chi connectivity index (χ3n) is 4.48. The van der Waals surface area contributed by atoms with Crippen molar-refractivity contribution in [1.29, 1.82) is 0 Å². The molecule has 7 nitrogen and oxygen atoms in total. The summed E-state index contributed by atoms with van der Waals surface area (Å²) in [5.74, 6) is 1.29. The van der Waals surface area contributed by atoms with Crippen molar-refractivity contribution in [3.05, 3.63) is 31.9 Å². The normalized spacial score (nSPS) is 19.2. The molecule has 1 aliphatic heterocycles. The number of piperidine rings is 1. The van der Waals surface area contributed by atoms with Gasteiger partial charge in [0, 0.05) is 31.7 Å². The monoisotopic (exact) mass is 351 g/mol. The van der Waals surface area contributed by atoms with E-state index in [4.69, 9.17) is 11.6 Å². The molecule has 0 amide bonds. The minimum absolute atomic E-state index is 0.401. The van der Waals surface area contributed by atoms with Crippen LogP contribution in [0.3, 0.4) is 0 Å². The predicted molar refractivity (Wildman–Crippen MR) is 95.8 cm³/mol. The SMILES string of the molecule is C/C(Cl)=C/Cn1c(N2CCC[C@@H](C)C2)nc2c1c(=O)[nH]c(=O)n2C. The molecule has 0 saturated carbocycles. The molecule has 1 aliphatic rings. The summed E-state index contributed by atoms with van der Waals surface area (Å²) in [6, 6.07) is 0. The number of aryl methyl sites for hydroxylation is 1. The van der Waals surface area contributed by atoms with Crippen molar-refractivity contribution in [1.82, 2.24) is 19.1 Å². The van der Waals surface area contributed by atoms with Crippen LogP contribution >= 0.6 is 11.6 Å². The summed E-state index contributed by atoms with van der Waals surface area (Å²) in [7, 11) is 1.61. The van der Waals surface area contributed by atoms with Crippen molar-refractivity contribution < 1.29 is 0 Å². The third kappa shape index (κ3) is 3.00. The van der Waals surface area contributed by atoms with Gasteiger partial charge in [0.2, 0.25) is 5.95 Å². The highest BCUT2D eigenvalue weighted by molar-refractivity contribution is 6.29. The Morgan fingerprint density at radius 3 is 2.88 bits per heavy atom. The van der Waals surface area contributed by atoms with Gasteiger partial charge in [-0.05, 0) is 25.7 Å². The molecule has 0 unspecified atom stereocenters. The first kappa shape index (κ1) is 16.8. The second kappa shape index (κ2) is 6.47. The molecule has 3 heterocycles. The van der Waals surface area contributed by atoms with Gasteiger partial charge in [-0.2, -0.15) is 4.98 Å². The Balaban J connectivity index is 2.23. The Kier molecular flexibility index (Phi) is 4.54. The van der Waals surface area contributed by atoms with Crippen molar-refractivity contribution >= 4 is 28.7 Å². The first-order chi connectivity index (χ1) is 11.4. The van der Waals surface area contributed by atoms with Gasteiger partial charge in [0.25, 0.3) is 5.56 Å². The van der Waals surface area contributed by atoms with E-state index >= 15 is 0 Å². The van der Waals surface area contributed by atoms with Crippen LogP contribution in [0.2, 0.25) is 0 Å². The van der Waals surface area contributed by atoms with Gasteiger partial charge in [-0.25, -0.2) is 4.79 Å². The highest BCUT2D eigenvalue weighted by atomic mass is 35.5. The Morgan fingerprint density at radius 1 is 1.46 bits per heavy atom. The minimum Gasteiger partial charge on any atom is -0.342 e. The van der Waals surface area contributed by atoms with E-state index in [1.807, 2.05) is 10.6 Å². The molecule has 0 aromatic carbocycles. The zero-order valence-electron chi connectivity index (χ0n) is 14.2. The Hall–Kier alpha value is -2.02. The first-order valence-electron chi connectivity index (χ1n) is 8.15. The molecular weight excluding hydrogens is 330 g/mol. The molecule has 0 bridgehead atoms. The zero-order valence-corrected chi connectivity index (χ0v) is 14.9. The Morgan fingerprint density at radius 2 is 2.21 bits per heavy atom. The number of hydrogen-bond acceptors (Lipinski definition) is 4. The molecule has 0 aliphatic carbocycles. The average molecular weight is 352 g/mol. The molecule has 2 aromatic rings. The van der Waals surface area contributed by atoms with E-state index in [1.54, 1.807) is 14.0 Å². The van der Waals surface area contributed by atoms with Gasteiger partial charge in [-0.1, -0.05) is 24.6 Å². The molecule has 1 saturated heterocycles. The van der Waals surface area contributed by atoms with Crippen LogP contribution in [0, 0.1) is 5.92 Å². The molecule has 0 radical (unpaired) electrons. The van der Waals surface area contributed by atoms with Crippen LogP contribution in [-0.4, -0.2) is 32.2 Å². The van der Waals surface area contributed by atoms with Gasteiger partial charge in [-0.15, -0.1) is 0 Å². The molecule has 2 aromatic heterocycles. The number of fused-ring (bicyclic) bond motifs is 1. The summed E-state index contributed by atoms with van der Waals surface area (Å²) in [6.07, 6.45) is 4.12. The number of anilines is 1. The van der Waals surface area contributed by atoms with Crippen molar-refractivity contribution in [2.24, 2.45) is 13.0 Å². The summed E-state index contributed by atoms with van der Waals surface area (Å²) in [4.78, 5) is 33.4. The predicted octanol–water partition coefficient (Wildman–Crippen LogP) is 1.80. The number of hydrogen-bond donors (Lipinski definition) is 1. The fourth-order valence-electron chi connectivity index (χ4n) is 3.23. The van der Waals surface area contributed by atoms with Gasteiger partial charge in [0.15, 0.2) is 11.2 Å². The molecule has 1 fully saturated rings. The molecule has 3 rings (SSSR count). The molecule has 1 atom stereocenters. The van der Waals surface area contributed by atoms with Crippen LogP contribution < -0.4 is 16.1 Å². The molecule has 24 heavy (non-hydrogen) atoms. The fourth-order valence-corrected chi connectivity index (χ4v) is 3.29. The maximum Gasteiger partial charge on any atom is 0.329 e. The van der Waals surface area contributed by atoms with E-state index in [2.05, 4.69) is 21.8 Å². The van der Waals surface area contributed by atoms with E-state index in [-0.39, 0.29) is 0 Å². The number of aromatic nitrogens is 4. The minimum atomic E-state index is -0.459. The average Bonchev–Trinajstić information content (AvgIpc) is 2.91. The largest absolute Gasteiger partial charge is 0.342 e. The molecular formula is C16H22ClN5O2. The second-order valence-electron chi connectivity index (χ2n) is 6.50. The summed E-state index contributed by atoms with van der Waals surface area (Å²) in [6.45, 7) is 6.23. The van der Waals surface area contributed by atoms with Crippen LogP contribution in [0.15, 0.2) is 20.7 Å². The van der Waals surface area contributed by atoms with Gasteiger partial charge in [0.05, 0.1) is 0 Å². The van der Waals surface area contributed by atoms with Crippen molar-refractivity contribution in [3.63, 3.8) is 0 Å². The highest BCUT2D eigenvalue weighted by Crippen LogP contribution is 2.25. The molecule has 130 valence electrons. The lowest BCUT2D eigenvalue weighted by Gasteiger charge is -2.31. The van der Waals surface area contributed by atoms with E-state index in [9.17, 15) is 9.59 Å². The number of H-pyrrole nitrogens is 1. The summed E-state index contributed by atoms with van der Waals surface area (Å²) >= 11 is 5.98. The van der Waals surface area contributed by atoms with Gasteiger partial charge in [-0.3, -0.25) is 14.3 Å². The Labute approximate surface area is 144 Å². The van der Waals surface area contributed by atoms with Crippen molar-refractivity contribution in [2.45, 2.75) is 33.2 Å². The quantitative estimate of drug-likeness (QED) is 0.914. The number of allylic oxidation sites excluding steroid dienone is 2. The topological polar surface area (TPSA) is 75.9 Å². The molecule has 0 spiro atoms. The number of rotatable bonds is 3. The Bertz CT molecular complexity index is 904. The maximum absolute atomic E-state index is 12.4. The van der Waals surface area contributed by atoms with Crippen LogP contribution in [0.4, 0.5) is 5.95 Å². The van der Waals surface area contributed by atoms with Gasteiger partial charge < -0.3 is 9.47 Å². The lowest BCUT2D eigenvalue weighted by molar-refractivity contribution is 0.439. The van der Waals surface area contributed by atoms with Crippen LogP contribution in [0.1, 0.15) is 26.7 Å². The lowest BCUT2D eigenvalue weighted by atomic mass is 10.0. The smallest absolute Gasteiger partial charge is 0.329 e. The highest BCUT2D eigenvalue weighted by Gasteiger charge is 2.24. The van der Waals surface area contributed by atoms with Crippen LogP contribution in [0.25, 0.3) is 11.2 Å². The third-order valence-corrected chi connectivity index (χ3v) is 4.64. The number of nitrogens with zero attached hydrogens (tertiary/aromatic N) is 4. The van der Waals surface area contributed by atoms with Gasteiger partial charge in [0.1, 0.15) is 0 Å². The number of aromatic amines is 1. The van der Waals surface area contributed by atoms with Crippen LogP contribution in [-0.2, 0) is 13.6 Å². The van der Waals surface area contributed by atoms with Crippen molar-refractivity contribution in [3.8, 4) is 0 Å².